The Morgan fingerprint density at radius 3 is 2.46 bits per heavy atom. The number of rotatable bonds is 5. The van der Waals surface area contributed by atoms with E-state index in [1.165, 1.54) is 37.0 Å². The predicted octanol–water partition coefficient (Wildman–Crippen LogP) is 5.41. The Hall–Kier alpha value is -2.49. The van der Waals surface area contributed by atoms with Crippen LogP contribution in [-0.2, 0) is 0 Å². The second-order valence-electron chi connectivity index (χ2n) is 7.19. The maximum Gasteiger partial charge on any atom is 0.321 e. The molecular weight excluding hydrogens is 324 g/mol. The van der Waals surface area contributed by atoms with Crippen LogP contribution in [0.1, 0.15) is 32.1 Å². The smallest absolute Gasteiger partial charge is 0.321 e. The van der Waals surface area contributed by atoms with Crippen molar-refractivity contribution in [2.75, 3.05) is 26.0 Å². The minimum Gasteiger partial charge on any atom is -0.490 e. The number of urea groups is 1. The molecule has 0 aliphatic heterocycles. The summed E-state index contributed by atoms with van der Waals surface area (Å²) in [4.78, 5) is 13.7. The normalized spacial score (nSPS) is 14.7. The topological polar surface area (TPSA) is 41.6 Å². The van der Waals surface area contributed by atoms with Crippen molar-refractivity contribution in [2.45, 2.75) is 32.1 Å². The summed E-state index contributed by atoms with van der Waals surface area (Å²) in [5, 5.41) is 2.97. The van der Waals surface area contributed by atoms with Crippen LogP contribution < -0.4 is 10.1 Å². The number of para-hydroxylation sites is 1. The Kier molecular flexibility index (Phi) is 6.16. The summed E-state index contributed by atoms with van der Waals surface area (Å²) >= 11 is 0. The van der Waals surface area contributed by atoms with Gasteiger partial charge in [0.1, 0.15) is 0 Å². The van der Waals surface area contributed by atoms with E-state index in [1.54, 1.807) is 14.1 Å². The number of carbonyl (C=O) groups is 1. The molecule has 0 spiro atoms. The maximum atomic E-state index is 12.2. The summed E-state index contributed by atoms with van der Waals surface area (Å²) in [6, 6.07) is 15.9. The lowest BCUT2D eigenvalue weighted by molar-refractivity contribution is 0.209. The van der Waals surface area contributed by atoms with E-state index in [0.717, 1.165) is 22.6 Å². The predicted molar refractivity (Wildman–Crippen MR) is 107 cm³/mol. The molecule has 1 aliphatic carbocycles. The molecule has 1 aliphatic rings. The molecule has 0 unspecified atom stereocenters. The molecule has 3 rings (SSSR count). The van der Waals surface area contributed by atoms with Gasteiger partial charge in [-0.15, -0.1) is 0 Å². The zero-order valence-corrected chi connectivity index (χ0v) is 15.7. The Bertz CT molecular complexity index is 722. The van der Waals surface area contributed by atoms with Crippen molar-refractivity contribution >= 4 is 11.7 Å². The van der Waals surface area contributed by atoms with Gasteiger partial charge in [-0.1, -0.05) is 61.7 Å². The third kappa shape index (κ3) is 4.57. The zero-order valence-electron chi connectivity index (χ0n) is 15.7. The molecule has 138 valence electrons. The molecule has 0 heterocycles. The standard InChI is InChI=1S/C22H28N2O2/c1-24(2)22(25)23-20-15-9-14-19(18-12-7-4-8-13-18)21(20)26-16-17-10-5-3-6-11-17/h4,7-9,12-15,17H,3,5-6,10-11,16H2,1-2H3,(H,23,25). The lowest BCUT2D eigenvalue weighted by Crippen LogP contribution is -2.27. The molecule has 2 aromatic carbocycles. The second kappa shape index (κ2) is 8.75. The Labute approximate surface area is 156 Å². The number of hydrogen-bond acceptors (Lipinski definition) is 2. The summed E-state index contributed by atoms with van der Waals surface area (Å²) < 4.78 is 6.31. The summed E-state index contributed by atoms with van der Waals surface area (Å²) in [7, 11) is 3.47. The number of benzene rings is 2. The van der Waals surface area contributed by atoms with Gasteiger partial charge in [-0.25, -0.2) is 4.79 Å². The minimum atomic E-state index is -0.155. The first-order valence-corrected chi connectivity index (χ1v) is 9.44. The second-order valence-corrected chi connectivity index (χ2v) is 7.19. The molecule has 1 saturated carbocycles. The van der Waals surface area contributed by atoms with Crippen molar-refractivity contribution < 1.29 is 9.53 Å². The molecule has 0 atom stereocenters. The van der Waals surface area contributed by atoms with Crippen LogP contribution in [0, 0.1) is 5.92 Å². The van der Waals surface area contributed by atoms with Crippen LogP contribution in [0.5, 0.6) is 5.75 Å². The van der Waals surface area contributed by atoms with Crippen molar-refractivity contribution in [2.24, 2.45) is 5.92 Å². The summed E-state index contributed by atoms with van der Waals surface area (Å²) in [5.74, 6) is 1.37. The van der Waals surface area contributed by atoms with Gasteiger partial charge in [-0.05, 0) is 30.4 Å². The summed E-state index contributed by atoms with van der Waals surface area (Å²) in [6.45, 7) is 0.703. The van der Waals surface area contributed by atoms with Crippen LogP contribution in [0.3, 0.4) is 0 Å². The third-order valence-corrected chi connectivity index (χ3v) is 4.94. The fraction of sp³-hybridized carbons (Fsp3) is 0.409. The van der Waals surface area contributed by atoms with Gasteiger partial charge in [-0.3, -0.25) is 0 Å². The fourth-order valence-electron chi connectivity index (χ4n) is 3.42. The minimum absolute atomic E-state index is 0.155. The van der Waals surface area contributed by atoms with E-state index in [-0.39, 0.29) is 6.03 Å². The quantitative estimate of drug-likeness (QED) is 0.782. The molecule has 1 fully saturated rings. The van der Waals surface area contributed by atoms with E-state index in [9.17, 15) is 4.79 Å². The first-order valence-electron chi connectivity index (χ1n) is 9.44. The molecule has 2 amide bonds. The van der Waals surface area contributed by atoms with Crippen LogP contribution >= 0.6 is 0 Å². The number of nitrogens with zero attached hydrogens (tertiary/aromatic N) is 1. The molecule has 0 aromatic heterocycles. The third-order valence-electron chi connectivity index (χ3n) is 4.94. The molecule has 4 nitrogen and oxygen atoms in total. The van der Waals surface area contributed by atoms with Gasteiger partial charge < -0.3 is 15.0 Å². The van der Waals surface area contributed by atoms with Crippen LogP contribution in [0.2, 0.25) is 0 Å². The number of hydrogen-bond donors (Lipinski definition) is 1. The highest BCUT2D eigenvalue weighted by molar-refractivity contribution is 5.93. The lowest BCUT2D eigenvalue weighted by Gasteiger charge is -2.24. The largest absolute Gasteiger partial charge is 0.490 e. The monoisotopic (exact) mass is 352 g/mol. The van der Waals surface area contributed by atoms with E-state index in [4.69, 9.17) is 4.74 Å². The molecule has 4 heteroatoms. The molecule has 26 heavy (non-hydrogen) atoms. The number of amides is 2. The molecule has 0 bridgehead atoms. The van der Waals surface area contributed by atoms with E-state index in [1.807, 2.05) is 30.3 Å². The number of carbonyl (C=O) groups excluding carboxylic acids is 1. The van der Waals surface area contributed by atoms with Crippen molar-refractivity contribution in [3.05, 3.63) is 48.5 Å². The average molecular weight is 352 g/mol. The molecular formula is C22H28N2O2. The van der Waals surface area contributed by atoms with Gasteiger partial charge in [0.15, 0.2) is 5.75 Å². The van der Waals surface area contributed by atoms with Gasteiger partial charge in [0.25, 0.3) is 0 Å². The first-order chi connectivity index (χ1) is 12.6. The van der Waals surface area contributed by atoms with Crippen molar-refractivity contribution in [3.63, 3.8) is 0 Å². The summed E-state index contributed by atoms with van der Waals surface area (Å²) in [6.07, 6.45) is 6.37. The highest BCUT2D eigenvalue weighted by atomic mass is 16.5. The highest BCUT2D eigenvalue weighted by Gasteiger charge is 2.18. The molecule has 2 aromatic rings. The van der Waals surface area contributed by atoms with Gasteiger partial charge in [0.05, 0.1) is 12.3 Å². The fourth-order valence-corrected chi connectivity index (χ4v) is 3.42. The van der Waals surface area contributed by atoms with Crippen molar-refractivity contribution in [3.8, 4) is 16.9 Å². The number of anilines is 1. The first kappa shape index (κ1) is 18.3. The van der Waals surface area contributed by atoms with Gasteiger partial charge in [0.2, 0.25) is 0 Å². The zero-order chi connectivity index (χ0) is 18.4. The van der Waals surface area contributed by atoms with E-state index < -0.39 is 0 Å². The maximum absolute atomic E-state index is 12.2. The van der Waals surface area contributed by atoms with Crippen LogP contribution in [-0.4, -0.2) is 31.6 Å². The van der Waals surface area contributed by atoms with E-state index in [2.05, 4.69) is 23.5 Å². The molecule has 1 N–H and O–H groups in total. The van der Waals surface area contributed by atoms with Gasteiger partial charge in [0, 0.05) is 19.7 Å². The highest BCUT2D eigenvalue weighted by Crippen LogP contribution is 2.37. The Balaban J connectivity index is 1.89. The number of nitrogens with one attached hydrogen (secondary N) is 1. The molecule has 0 saturated heterocycles. The van der Waals surface area contributed by atoms with Crippen molar-refractivity contribution in [1.29, 1.82) is 0 Å². The SMILES string of the molecule is CN(C)C(=O)Nc1cccc(-c2ccccc2)c1OCC1CCCCC1. The number of ether oxygens (including phenoxy) is 1. The van der Waals surface area contributed by atoms with Crippen LogP contribution in [0.4, 0.5) is 10.5 Å². The average Bonchev–Trinajstić information content (AvgIpc) is 2.68. The van der Waals surface area contributed by atoms with Gasteiger partial charge in [-0.2, -0.15) is 0 Å². The molecule has 0 radical (unpaired) electrons. The van der Waals surface area contributed by atoms with E-state index >= 15 is 0 Å². The van der Waals surface area contributed by atoms with Crippen LogP contribution in [0.25, 0.3) is 11.1 Å². The van der Waals surface area contributed by atoms with E-state index in [0.29, 0.717) is 12.5 Å². The van der Waals surface area contributed by atoms with Crippen LogP contribution in [0.15, 0.2) is 48.5 Å². The summed E-state index contributed by atoms with van der Waals surface area (Å²) in [5.41, 5.74) is 2.82. The van der Waals surface area contributed by atoms with Crippen molar-refractivity contribution in [1.82, 2.24) is 4.90 Å². The van der Waals surface area contributed by atoms with Gasteiger partial charge >= 0.3 is 6.03 Å². The Morgan fingerprint density at radius 2 is 1.77 bits per heavy atom. The lowest BCUT2D eigenvalue weighted by atomic mass is 9.90. The Morgan fingerprint density at radius 1 is 1.04 bits per heavy atom.